The highest BCUT2D eigenvalue weighted by Crippen LogP contribution is 2.30. The molecule has 0 spiro atoms. The molecule has 0 aliphatic rings. The van der Waals surface area contributed by atoms with Gasteiger partial charge in [0.15, 0.2) is 5.65 Å². The van der Waals surface area contributed by atoms with Crippen molar-refractivity contribution in [1.29, 1.82) is 0 Å². The van der Waals surface area contributed by atoms with Crippen molar-refractivity contribution in [1.82, 2.24) is 24.1 Å². The fraction of sp³-hybridized carbons (Fsp3) is 0.348. The topological polar surface area (TPSA) is 86.4 Å². The molecule has 0 bridgehead atoms. The van der Waals surface area contributed by atoms with Crippen molar-refractivity contribution in [3.05, 3.63) is 70.3 Å². The summed E-state index contributed by atoms with van der Waals surface area (Å²) in [4.78, 5) is 22.4. The van der Waals surface area contributed by atoms with Gasteiger partial charge in [0.1, 0.15) is 11.6 Å². The molecule has 0 saturated carbocycles. The zero-order valence-corrected chi connectivity index (χ0v) is 18.4. The van der Waals surface area contributed by atoms with Crippen LogP contribution in [0.2, 0.25) is 0 Å². The summed E-state index contributed by atoms with van der Waals surface area (Å²) < 4.78 is 14.2. The largest absolute Gasteiger partial charge is 0.497 e. The summed E-state index contributed by atoms with van der Waals surface area (Å²) >= 11 is 0. The Bertz CT molecular complexity index is 1250. The van der Waals surface area contributed by atoms with Gasteiger partial charge >= 0.3 is 0 Å². The molecule has 1 N–H and O–H groups in total. The van der Waals surface area contributed by atoms with E-state index in [4.69, 9.17) is 14.5 Å². The third-order valence-electron chi connectivity index (χ3n) is 5.44. The van der Waals surface area contributed by atoms with Gasteiger partial charge in [0, 0.05) is 37.1 Å². The molecule has 0 fully saturated rings. The van der Waals surface area contributed by atoms with E-state index in [-0.39, 0.29) is 17.5 Å². The van der Waals surface area contributed by atoms with Crippen LogP contribution in [0.1, 0.15) is 49.9 Å². The summed E-state index contributed by atoms with van der Waals surface area (Å²) in [6.45, 7) is 6.56. The smallest absolute Gasteiger partial charge is 0.272 e. The van der Waals surface area contributed by atoms with Crippen molar-refractivity contribution >= 4 is 5.65 Å². The first-order chi connectivity index (χ1) is 14.9. The Balaban J connectivity index is 1.90. The molecule has 3 aromatic heterocycles. The summed E-state index contributed by atoms with van der Waals surface area (Å²) in [6.07, 6.45) is 3.72. The third kappa shape index (κ3) is 3.74. The number of aromatic nitrogens is 5. The van der Waals surface area contributed by atoms with Gasteiger partial charge in [-0.2, -0.15) is 0 Å². The van der Waals surface area contributed by atoms with E-state index < -0.39 is 0 Å². The van der Waals surface area contributed by atoms with Crippen LogP contribution in [0, 0.1) is 0 Å². The average molecular weight is 422 g/mol. The SMILES string of the molecule is COCc1[nH]n2c(=O)cc(C(C)n3ccnc3C(C)C)nc2c1-c1ccc(OC)cc1. The van der Waals surface area contributed by atoms with Gasteiger partial charge in [-0.15, -0.1) is 0 Å². The van der Waals surface area contributed by atoms with Gasteiger partial charge in [-0.3, -0.25) is 9.89 Å². The molecule has 3 heterocycles. The number of imidazole rings is 1. The number of methoxy groups -OCH3 is 2. The van der Waals surface area contributed by atoms with E-state index in [2.05, 4.69) is 28.5 Å². The molecule has 8 nitrogen and oxygen atoms in total. The lowest BCUT2D eigenvalue weighted by molar-refractivity contribution is 0.181. The quantitative estimate of drug-likeness (QED) is 0.491. The molecule has 1 atom stereocenters. The minimum Gasteiger partial charge on any atom is -0.497 e. The van der Waals surface area contributed by atoms with E-state index in [9.17, 15) is 4.79 Å². The van der Waals surface area contributed by atoms with Crippen LogP contribution in [-0.4, -0.2) is 38.4 Å². The average Bonchev–Trinajstić information content (AvgIpc) is 3.39. The Labute approximate surface area is 180 Å². The maximum Gasteiger partial charge on any atom is 0.272 e. The molecule has 0 radical (unpaired) electrons. The van der Waals surface area contributed by atoms with E-state index >= 15 is 0 Å². The van der Waals surface area contributed by atoms with Crippen molar-refractivity contribution in [3.63, 3.8) is 0 Å². The van der Waals surface area contributed by atoms with Gasteiger partial charge in [-0.25, -0.2) is 14.5 Å². The predicted octanol–water partition coefficient (Wildman–Crippen LogP) is 3.77. The first kappa shape index (κ1) is 20.9. The number of nitrogens with one attached hydrogen (secondary N) is 1. The van der Waals surface area contributed by atoms with Gasteiger partial charge in [0.2, 0.25) is 0 Å². The minimum atomic E-state index is -0.171. The maximum atomic E-state index is 13.0. The minimum absolute atomic E-state index is 0.137. The highest BCUT2D eigenvalue weighted by atomic mass is 16.5. The lowest BCUT2D eigenvalue weighted by Gasteiger charge is -2.17. The molecule has 0 aliphatic carbocycles. The number of hydrogen-bond donors (Lipinski definition) is 1. The van der Waals surface area contributed by atoms with Crippen LogP contribution in [0.25, 0.3) is 16.8 Å². The van der Waals surface area contributed by atoms with Crippen LogP contribution in [0.15, 0.2) is 47.5 Å². The number of hydrogen-bond acceptors (Lipinski definition) is 5. The van der Waals surface area contributed by atoms with Gasteiger partial charge in [-0.1, -0.05) is 26.0 Å². The second-order valence-corrected chi connectivity index (χ2v) is 7.83. The standard InChI is InChI=1S/C23H27N5O3/c1-14(2)22-24-10-11-27(22)15(3)18-12-20(29)28-23(25-18)21(19(26-28)13-30-4)16-6-8-17(31-5)9-7-16/h6-12,14-15,26H,13H2,1-5H3. The molecule has 162 valence electrons. The van der Waals surface area contributed by atoms with E-state index in [1.165, 1.54) is 4.52 Å². The number of aromatic amines is 1. The normalized spacial score (nSPS) is 12.6. The summed E-state index contributed by atoms with van der Waals surface area (Å²) in [6, 6.07) is 9.13. The molecular formula is C23H27N5O3. The van der Waals surface area contributed by atoms with Crippen molar-refractivity contribution in [2.75, 3.05) is 14.2 Å². The summed E-state index contributed by atoms with van der Waals surface area (Å²) in [7, 11) is 3.26. The molecule has 0 saturated heterocycles. The van der Waals surface area contributed by atoms with Crippen molar-refractivity contribution in [2.45, 2.75) is 39.3 Å². The Morgan fingerprint density at radius 3 is 2.52 bits per heavy atom. The highest BCUT2D eigenvalue weighted by Gasteiger charge is 2.21. The maximum absolute atomic E-state index is 13.0. The lowest BCUT2D eigenvalue weighted by atomic mass is 10.1. The molecule has 0 amide bonds. The molecule has 31 heavy (non-hydrogen) atoms. The van der Waals surface area contributed by atoms with E-state index in [1.807, 2.05) is 37.4 Å². The van der Waals surface area contributed by atoms with Crippen LogP contribution >= 0.6 is 0 Å². The van der Waals surface area contributed by atoms with Gasteiger partial charge in [-0.05, 0) is 24.6 Å². The Morgan fingerprint density at radius 1 is 1.13 bits per heavy atom. The molecule has 4 aromatic rings. The number of benzene rings is 1. The molecule has 0 aliphatic heterocycles. The van der Waals surface area contributed by atoms with Crippen molar-refractivity contribution < 1.29 is 9.47 Å². The number of rotatable bonds is 7. The molecule has 8 heteroatoms. The van der Waals surface area contributed by atoms with E-state index in [0.717, 1.165) is 28.4 Å². The van der Waals surface area contributed by atoms with E-state index in [0.29, 0.717) is 17.9 Å². The summed E-state index contributed by atoms with van der Waals surface area (Å²) in [5, 5.41) is 3.16. The van der Waals surface area contributed by atoms with Gasteiger partial charge in [0.25, 0.3) is 5.56 Å². The second-order valence-electron chi connectivity index (χ2n) is 7.83. The zero-order valence-electron chi connectivity index (χ0n) is 18.4. The molecular weight excluding hydrogens is 394 g/mol. The fourth-order valence-electron chi connectivity index (χ4n) is 3.87. The van der Waals surface area contributed by atoms with Gasteiger partial charge in [0.05, 0.1) is 31.1 Å². The van der Waals surface area contributed by atoms with Crippen molar-refractivity contribution in [3.8, 4) is 16.9 Å². The summed E-state index contributed by atoms with van der Waals surface area (Å²) in [5.41, 5.74) is 3.63. The Morgan fingerprint density at radius 2 is 1.87 bits per heavy atom. The Hall–Kier alpha value is -3.39. The molecule has 4 rings (SSSR count). The van der Waals surface area contributed by atoms with E-state index in [1.54, 1.807) is 26.5 Å². The number of ether oxygens (including phenoxy) is 2. The summed E-state index contributed by atoms with van der Waals surface area (Å²) in [5.74, 6) is 1.98. The van der Waals surface area contributed by atoms with Crippen LogP contribution in [0.3, 0.4) is 0 Å². The fourth-order valence-corrected chi connectivity index (χ4v) is 3.87. The first-order valence-electron chi connectivity index (χ1n) is 10.2. The molecule has 1 unspecified atom stereocenters. The second kappa shape index (κ2) is 8.39. The van der Waals surface area contributed by atoms with Crippen LogP contribution < -0.4 is 10.3 Å². The Kier molecular flexibility index (Phi) is 5.65. The highest BCUT2D eigenvalue weighted by molar-refractivity contribution is 5.80. The third-order valence-corrected chi connectivity index (χ3v) is 5.44. The lowest BCUT2D eigenvalue weighted by Crippen LogP contribution is -2.20. The first-order valence-corrected chi connectivity index (χ1v) is 10.2. The van der Waals surface area contributed by atoms with Crippen LogP contribution in [-0.2, 0) is 11.3 Å². The number of nitrogens with zero attached hydrogens (tertiary/aromatic N) is 4. The van der Waals surface area contributed by atoms with Gasteiger partial charge < -0.3 is 14.0 Å². The van der Waals surface area contributed by atoms with Crippen LogP contribution in [0.4, 0.5) is 0 Å². The number of H-pyrrole nitrogens is 1. The number of fused-ring (bicyclic) bond motifs is 1. The molecule has 1 aromatic carbocycles. The van der Waals surface area contributed by atoms with Crippen molar-refractivity contribution in [2.24, 2.45) is 0 Å². The zero-order chi connectivity index (χ0) is 22.1. The predicted molar refractivity (Wildman–Crippen MR) is 119 cm³/mol. The van der Waals surface area contributed by atoms with Crippen LogP contribution in [0.5, 0.6) is 5.75 Å². The monoisotopic (exact) mass is 421 g/mol.